The molecule has 0 amide bonds. The molecule has 4 nitrogen and oxygen atoms in total. The number of thiazole rings is 1. The van der Waals surface area contributed by atoms with Crippen LogP contribution in [-0.2, 0) is 11.3 Å². The fourth-order valence-corrected chi connectivity index (χ4v) is 2.93. The van der Waals surface area contributed by atoms with E-state index in [2.05, 4.69) is 9.88 Å². The first-order valence-electron chi connectivity index (χ1n) is 6.93. The van der Waals surface area contributed by atoms with Crippen LogP contribution in [0.3, 0.4) is 0 Å². The van der Waals surface area contributed by atoms with E-state index in [0.717, 1.165) is 16.4 Å². The Bertz CT molecular complexity index is 590. The van der Waals surface area contributed by atoms with Crippen LogP contribution in [-0.4, -0.2) is 22.6 Å². The van der Waals surface area contributed by atoms with Crippen LogP contribution in [0.4, 0.5) is 5.13 Å². The van der Waals surface area contributed by atoms with Crippen LogP contribution in [0.5, 0.6) is 0 Å². The van der Waals surface area contributed by atoms with Crippen LogP contribution in [0.1, 0.15) is 23.1 Å². The standard InChI is InChI=1S/C16H20N2O2S/c1-11(15(19)20)9-18(10-14-7-5-4-6-8-14)16-17-12(2)13(3)21-16/h4-8,11H,9-10H2,1-3H3,(H,19,20). The zero-order valence-electron chi connectivity index (χ0n) is 12.5. The molecule has 112 valence electrons. The van der Waals surface area contributed by atoms with E-state index in [1.54, 1.807) is 18.3 Å². The van der Waals surface area contributed by atoms with Gasteiger partial charge in [0, 0.05) is 18.0 Å². The number of benzene rings is 1. The molecule has 1 unspecified atom stereocenters. The molecule has 0 saturated heterocycles. The van der Waals surface area contributed by atoms with Gasteiger partial charge in [-0.15, -0.1) is 11.3 Å². The number of aromatic nitrogens is 1. The molecule has 0 aliphatic heterocycles. The summed E-state index contributed by atoms with van der Waals surface area (Å²) in [6.07, 6.45) is 0. The molecule has 1 atom stereocenters. The Labute approximate surface area is 129 Å². The molecule has 0 spiro atoms. The van der Waals surface area contributed by atoms with Crippen molar-refractivity contribution in [3.05, 3.63) is 46.5 Å². The van der Waals surface area contributed by atoms with Crippen LogP contribution < -0.4 is 4.90 Å². The highest BCUT2D eigenvalue weighted by Crippen LogP contribution is 2.27. The van der Waals surface area contributed by atoms with Crippen LogP contribution in [0.25, 0.3) is 0 Å². The average Bonchev–Trinajstić information content (AvgIpc) is 2.79. The van der Waals surface area contributed by atoms with Gasteiger partial charge in [-0.05, 0) is 19.4 Å². The fourth-order valence-electron chi connectivity index (χ4n) is 2.01. The lowest BCUT2D eigenvalue weighted by Crippen LogP contribution is -2.31. The predicted molar refractivity (Wildman–Crippen MR) is 85.9 cm³/mol. The quantitative estimate of drug-likeness (QED) is 0.887. The molecular weight excluding hydrogens is 284 g/mol. The molecule has 0 fully saturated rings. The Balaban J connectivity index is 2.23. The maximum absolute atomic E-state index is 11.1. The molecular formula is C16H20N2O2S. The molecule has 0 aliphatic rings. The first-order valence-corrected chi connectivity index (χ1v) is 7.74. The normalized spacial score (nSPS) is 12.1. The van der Waals surface area contributed by atoms with E-state index in [9.17, 15) is 4.79 Å². The van der Waals surface area contributed by atoms with E-state index >= 15 is 0 Å². The van der Waals surface area contributed by atoms with Crippen molar-refractivity contribution in [1.82, 2.24) is 4.98 Å². The fraction of sp³-hybridized carbons (Fsp3) is 0.375. The summed E-state index contributed by atoms with van der Waals surface area (Å²) in [4.78, 5) is 18.9. The Morgan fingerprint density at radius 1 is 1.33 bits per heavy atom. The van der Waals surface area contributed by atoms with Gasteiger partial charge in [-0.3, -0.25) is 4.79 Å². The molecule has 2 aromatic rings. The number of carbonyl (C=O) groups is 1. The molecule has 5 heteroatoms. The van der Waals surface area contributed by atoms with Crippen LogP contribution in [0.15, 0.2) is 30.3 Å². The topological polar surface area (TPSA) is 53.4 Å². The number of carboxylic acids is 1. The Hall–Kier alpha value is -1.88. The van der Waals surface area contributed by atoms with E-state index < -0.39 is 11.9 Å². The number of carboxylic acid groups (broad SMARTS) is 1. The van der Waals surface area contributed by atoms with Crippen molar-refractivity contribution in [3.63, 3.8) is 0 Å². The van der Waals surface area contributed by atoms with Gasteiger partial charge in [-0.2, -0.15) is 0 Å². The van der Waals surface area contributed by atoms with Crippen molar-refractivity contribution in [2.75, 3.05) is 11.4 Å². The summed E-state index contributed by atoms with van der Waals surface area (Å²) in [7, 11) is 0. The number of anilines is 1. The van der Waals surface area contributed by atoms with Gasteiger partial charge in [0.05, 0.1) is 11.6 Å². The van der Waals surface area contributed by atoms with E-state index in [1.165, 1.54) is 4.88 Å². The third-order valence-corrected chi connectivity index (χ3v) is 4.55. The van der Waals surface area contributed by atoms with Crippen LogP contribution in [0, 0.1) is 19.8 Å². The summed E-state index contributed by atoms with van der Waals surface area (Å²) in [5.41, 5.74) is 2.16. The third kappa shape index (κ3) is 4.04. The maximum atomic E-state index is 11.1. The van der Waals surface area contributed by atoms with Gasteiger partial charge in [-0.1, -0.05) is 37.3 Å². The van der Waals surface area contributed by atoms with Gasteiger partial charge < -0.3 is 10.0 Å². The van der Waals surface area contributed by atoms with Gasteiger partial charge in [0.25, 0.3) is 0 Å². The van der Waals surface area contributed by atoms with Crippen LogP contribution >= 0.6 is 11.3 Å². The molecule has 1 heterocycles. The highest BCUT2D eigenvalue weighted by atomic mass is 32.1. The molecule has 1 N–H and O–H groups in total. The molecule has 0 bridgehead atoms. The Kier molecular flexibility index (Phi) is 4.96. The van der Waals surface area contributed by atoms with Crippen molar-refractivity contribution in [1.29, 1.82) is 0 Å². The minimum Gasteiger partial charge on any atom is -0.481 e. The molecule has 2 rings (SSSR count). The van der Waals surface area contributed by atoms with Gasteiger partial charge in [0.2, 0.25) is 0 Å². The summed E-state index contributed by atoms with van der Waals surface area (Å²) in [5.74, 6) is -1.21. The molecule has 1 aromatic heterocycles. The summed E-state index contributed by atoms with van der Waals surface area (Å²) in [5, 5.41) is 10.1. The number of nitrogens with zero attached hydrogens (tertiary/aromatic N) is 2. The predicted octanol–water partition coefficient (Wildman–Crippen LogP) is 3.49. The van der Waals surface area contributed by atoms with Crippen LogP contribution in [0.2, 0.25) is 0 Å². The minimum atomic E-state index is -0.780. The number of hydrogen-bond acceptors (Lipinski definition) is 4. The van der Waals surface area contributed by atoms with E-state index in [4.69, 9.17) is 5.11 Å². The van der Waals surface area contributed by atoms with E-state index in [-0.39, 0.29) is 0 Å². The number of aryl methyl sites for hydroxylation is 2. The maximum Gasteiger partial charge on any atom is 0.308 e. The number of hydrogen-bond donors (Lipinski definition) is 1. The zero-order valence-corrected chi connectivity index (χ0v) is 13.4. The largest absolute Gasteiger partial charge is 0.481 e. The molecule has 0 saturated carbocycles. The van der Waals surface area contributed by atoms with Gasteiger partial charge in [0.1, 0.15) is 0 Å². The summed E-state index contributed by atoms with van der Waals surface area (Å²) in [6, 6.07) is 10.1. The summed E-state index contributed by atoms with van der Waals surface area (Å²) in [6.45, 7) is 6.88. The lowest BCUT2D eigenvalue weighted by atomic mass is 10.1. The van der Waals surface area contributed by atoms with Gasteiger partial charge in [0.15, 0.2) is 5.13 Å². The zero-order chi connectivity index (χ0) is 15.4. The highest BCUT2D eigenvalue weighted by molar-refractivity contribution is 7.15. The van der Waals surface area contributed by atoms with Crippen molar-refractivity contribution < 1.29 is 9.90 Å². The second-order valence-electron chi connectivity index (χ2n) is 5.24. The number of rotatable bonds is 6. The van der Waals surface area contributed by atoms with E-state index in [1.807, 2.05) is 44.2 Å². The van der Waals surface area contributed by atoms with Crippen molar-refractivity contribution in [2.45, 2.75) is 27.3 Å². The average molecular weight is 304 g/mol. The Morgan fingerprint density at radius 2 is 2.00 bits per heavy atom. The van der Waals surface area contributed by atoms with E-state index in [0.29, 0.717) is 13.1 Å². The Morgan fingerprint density at radius 3 is 2.52 bits per heavy atom. The van der Waals surface area contributed by atoms with Crippen molar-refractivity contribution in [2.24, 2.45) is 5.92 Å². The highest BCUT2D eigenvalue weighted by Gasteiger charge is 2.19. The second-order valence-corrected chi connectivity index (χ2v) is 6.43. The first kappa shape index (κ1) is 15.5. The first-order chi connectivity index (χ1) is 9.97. The third-order valence-electron chi connectivity index (χ3n) is 3.42. The van der Waals surface area contributed by atoms with Gasteiger partial charge >= 0.3 is 5.97 Å². The summed E-state index contributed by atoms with van der Waals surface area (Å²) >= 11 is 1.62. The molecule has 0 aliphatic carbocycles. The SMILES string of the molecule is Cc1nc(N(Cc2ccccc2)CC(C)C(=O)O)sc1C. The van der Waals surface area contributed by atoms with Gasteiger partial charge in [-0.25, -0.2) is 4.98 Å². The number of aliphatic carboxylic acids is 1. The lowest BCUT2D eigenvalue weighted by molar-refractivity contribution is -0.140. The summed E-state index contributed by atoms with van der Waals surface area (Å²) < 4.78 is 0. The van der Waals surface area contributed by atoms with Crippen molar-refractivity contribution in [3.8, 4) is 0 Å². The smallest absolute Gasteiger partial charge is 0.308 e. The molecule has 0 radical (unpaired) electrons. The minimum absolute atomic E-state index is 0.432. The molecule has 21 heavy (non-hydrogen) atoms. The monoisotopic (exact) mass is 304 g/mol. The van der Waals surface area contributed by atoms with Crippen molar-refractivity contribution >= 4 is 22.4 Å². The molecule has 1 aromatic carbocycles. The second kappa shape index (κ2) is 6.72. The lowest BCUT2D eigenvalue weighted by Gasteiger charge is -2.24.